The first kappa shape index (κ1) is 22.3. The van der Waals surface area contributed by atoms with Crippen LogP contribution in [0.2, 0.25) is 5.02 Å². The first-order valence-electron chi connectivity index (χ1n) is 10.1. The molecule has 32 heavy (non-hydrogen) atoms. The van der Waals surface area contributed by atoms with Crippen molar-refractivity contribution < 1.29 is 19.1 Å². The number of halogens is 1. The normalized spacial score (nSPS) is 17.7. The highest BCUT2D eigenvalue weighted by Crippen LogP contribution is 2.44. The second kappa shape index (κ2) is 9.73. The maximum Gasteiger partial charge on any atom is 0.254 e. The van der Waals surface area contributed by atoms with Crippen LogP contribution in [0.1, 0.15) is 32.8 Å². The van der Waals surface area contributed by atoms with Gasteiger partial charge in [0.2, 0.25) is 5.91 Å². The molecular formula is C24H23ClN2O4S. The third-order valence-electron chi connectivity index (χ3n) is 5.51. The molecule has 0 aliphatic carbocycles. The van der Waals surface area contributed by atoms with E-state index in [1.54, 1.807) is 36.3 Å². The van der Waals surface area contributed by atoms with Crippen molar-refractivity contribution in [2.24, 2.45) is 0 Å². The summed E-state index contributed by atoms with van der Waals surface area (Å²) in [5.41, 5.74) is 1.80. The standard InChI is InChI=1S/C24H23ClN2O4S/c1-30-12-11-27-22(20-8-5-13-32-20)21(16-6-3-4-7-17(16)24(27)29)23(28)26-15-9-10-19(31-2)18(25)14-15/h3-10,13-14,21-22H,11-12H2,1-2H3,(H,26,28)/t21-,22-/m1/s1. The largest absolute Gasteiger partial charge is 0.495 e. The van der Waals surface area contributed by atoms with E-state index in [0.29, 0.717) is 40.7 Å². The molecule has 6 nitrogen and oxygen atoms in total. The van der Waals surface area contributed by atoms with Crippen LogP contribution >= 0.6 is 22.9 Å². The number of hydrogen-bond acceptors (Lipinski definition) is 5. The van der Waals surface area contributed by atoms with Gasteiger partial charge in [-0.3, -0.25) is 9.59 Å². The van der Waals surface area contributed by atoms with E-state index < -0.39 is 12.0 Å². The Hall–Kier alpha value is -2.87. The average molecular weight is 471 g/mol. The molecule has 1 N–H and O–H groups in total. The summed E-state index contributed by atoms with van der Waals surface area (Å²) in [5, 5.41) is 5.34. The van der Waals surface area contributed by atoms with Gasteiger partial charge in [0, 0.05) is 29.8 Å². The number of nitrogens with one attached hydrogen (secondary N) is 1. The Morgan fingerprint density at radius 1 is 1.16 bits per heavy atom. The third-order valence-corrected chi connectivity index (χ3v) is 6.75. The van der Waals surface area contributed by atoms with Gasteiger partial charge in [-0.1, -0.05) is 35.9 Å². The molecule has 0 saturated heterocycles. The van der Waals surface area contributed by atoms with E-state index in [1.165, 1.54) is 18.4 Å². The van der Waals surface area contributed by atoms with Crippen LogP contribution in [0.5, 0.6) is 5.75 Å². The van der Waals surface area contributed by atoms with Gasteiger partial charge < -0.3 is 19.7 Å². The summed E-state index contributed by atoms with van der Waals surface area (Å²) < 4.78 is 10.5. The Balaban J connectivity index is 1.77. The predicted octanol–water partition coefficient (Wildman–Crippen LogP) is 4.98. The van der Waals surface area contributed by atoms with Gasteiger partial charge in [-0.25, -0.2) is 0 Å². The highest BCUT2D eigenvalue weighted by molar-refractivity contribution is 7.10. The Morgan fingerprint density at radius 2 is 1.97 bits per heavy atom. The Labute approximate surface area is 195 Å². The number of fused-ring (bicyclic) bond motifs is 1. The van der Waals surface area contributed by atoms with Gasteiger partial charge in [-0.15, -0.1) is 11.3 Å². The summed E-state index contributed by atoms with van der Waals surface area (Å²) >= 11 is 7.77. The summed E-state index contributed by atoms with van der Waals surface area (Å²) in [4.78, 5) is 29.7. The van der Waals surface area contributed by atoms with Crippen molar-refractivity contribution in [3.05, 3.63) is 81.0 Å². The lowest BCUT2D eigenvalue weighted by Gasteiger charge is -2.41. The Bertz CT molecular complexity index is 1120. The fourth-order valence-electron chi connectivity index (χ4n) is 4.05. The summed E-state index contributed by atoms with van der Waals surface area (Å²) in [7, 11) is 3.13. The smallest absolute Gasteiger partial charge is 0.254 e. The van der Waals surface area contributed by atoms with Gasteiger partial charge in [0.05, 0.1) is 30.7 Å². The second-order valence-electron chi connectivity index (χ2n) is 7.36. The summed E-state index contributed by atoms with van der Waals surface area (Å²) in [6.07, 6.45) is 0. The number of ether oxygens (including phenoxy) is 2. The second-order valence-corrected chi connectivity index (χ2v) is 8.74. The SMILES string of the molecule is COCCN1C(=O)c2ccccc2[C@@H](C(=O)Nc2ccc(OC)c(Cl)c2)[C@H]1c1cccs1. The van der Waals surface area contributed by atoms with Crippen molar-refractivity contribution >= 4 is 40.4 Å². The van der Waals surface area contributed by atoms with Gasteiger partial charge in [0.25, 0.3) is 5.91 Å². The van der Waals surface area contributed by atoms with Crippen molar-refractivity contribution in [1.82, 2.24) is 4.90 Å². The summed E-state index contributed by atoms with van der Waals surface area (Å²) in [5.74, 6) is -0.389. The van der Waals surface area contributed by atoms with Crippen LogP contribution in [0.4, 0.5) is 5.69 Å². The Morgan fingerprint density at radius 3 is 2.66 bits per heavy atom. The van der Waals surface area contributed by atoms with Crippen molar-refractivity contribution in [3.63, 3.8) is 0 Å². The van der Waals surface area contributed by atoms with Crippen LogP contribution in [0.3, 0.4) is 0 Å². The minimum atomic E-state index is -0.597. The fraction of sp³-hybridized carbons (Fsp3) is 0.250. The van der Waals surface area contributed by atoms with Crippen LogP contribution in [-0.4, -0.2) is 44.1 Å². The minimum absolute atomic E-state index is 0.104. The molecule has 0 spiro atoms. The fourth-order valence-corrected chi connectivity index (χ4v) is 5.18. The summed E-state index contributed by atoms with van der Waals surface area (Å²) in [6, 6.07) is 15.8. The molecule has 1 aliphatic rings. The molecule has 1 aliphatic heterocycles. The van der Waals surface area contributed by atoms with Gasteiger partial charge in [0.1, 0.15) is 5.75 Å². The highest BCUT2D eigenvalue weighted by atomic mass is 35.5. The van der Waals surface area contributed by atoms with Crippen molar-refractivity contribution in [1.29, 1.82) is 0 Å². The summed E-state index contributed by atoms with van der Waals surface area (Å²) in [6.45, 7) is 0.753. The molecule has 0 fully saturated rings. The van der Waals surface area contributed by atoms with E-state index in [4.69, 9.17) is 21.1 Å². The molecule has 0 radical (unpaired) electrons. The Kier molecular flexibility index (Phi) is 6.79. The van der Waals surface area contributed by atoms with Crippen molar-refractivity contribution in [2.75, 3.05) is 32.7 Å². The number of carbonyl (C=O) groups is 2. The van der Waals surface area contributed by atoms with E-state index in [0.717, 1.165) is 4.88 Å². The van der Waals surface area contributed by atoms with Crippen LogP contribution in [0.25, 0.3) is 0 Å². The number of hydrogen-bond donors (Lipinski definition) is 1. The van der Waals surface area contributed by atoms with Crippen LogP contribution in [0, 0.1) is 0 Å². The van der Waals surface area contributed by atoms with Crippen LogP contribution in [-0.2, 0) is 9.53 Å². The predicted molar refractivity (Wildman–Crippen MR) is 126 cm³/mol. The number of nitrogens with zero attached hydrogens (tertiary/aromatic N) is 1. The van der Waals surface area contributed by atoms with Gasteiger partial charge in [-0.05, 0) is 41.3 Å². The number of benzene rings is 2. The molecule has 2 amide bonds. The monoisotopic (exact) mass is 470 g/mol. The molecule has 1 aromatic heterocycles. The van der Waals surface area contributed by atoms with Gasteiger partial charge in [-0.2, -0.15) is 0 Å². The van der Waals surface area contributed by atoms with E-state index in [1.807, 2.05) is 35.7 Å². The molecule has 4 rings (SSSR count). The lowest BCUT2D eigenvalue weighted by atomic mass is 9.81. The molecule has 2 heterocycles. The topological polar surface area (TPSA) is 67.9 Å². The minimum Gasteiger partial charge on any atom is -0.495 e. The third kappa shape index (κ3) is 4.24. The molecule has 166 valence electrons. The molecule has 0 saturated carbocycles. The zero-order valence-electron chi connectivity index (χ0n) is 17.7. The maximum atomic E-state index is 13.7. The van der Waals surface area contributed by atoms with Crippen molar-refractivity contribution in [2.45, 2.75) is 12.0 Å². The number of rotatable bonds is 7. The molecule has 2 aromatic carbocycles. The average Bonchev–Trinajstić information content (AvgIpc) is 3.33. The first-order valence-corrected chi connectivity index (χ1v) is 11.4. The molecule has 0 unspecified atom stereocenters. The van der Waals surface area contributed by atoms with Crippen molar-refractivity contribution in [3.8, 4) is 5.75 Å². The number of anilines is 1. The first-order chi connectivity index (χ1) is 15.5. The van der Waals surface area contributed by atoms with Crippen LogP contribution < -0.4 is 10.1 Å². The lowest BCUT2D eigenvalue weighted by Crippen LogP contribution is -2.47. The molecule has 3 aromatic rings. The van der Waals surface area contributed by atoms with E-state index >= 15 is 0 Å². The molecule has 0 bridgehead atoms. The zero-order valence-corrected chi connectivity index (χ0v) is 19.3. The highest BCUT2D eigenvalue weighted by Gasteiger charge is 2.44. The molecular weight excluding hydrogens is 448 g/mol. The van der Waals surface area contributed by atoms with E-state index in [-0.39, 0.29) is 11.8 Å². The number of thiophene rings is 1. The quantitative estimate of drug-likeness (QED) is 0.529. The van der Waals surface area contributed by atoms with E-state index in [2.05, 4.69) is 5.32 Å². The molecule has 2 atom stereocenters. The maximum absolute atomic E-state index is 13.7. The number of methoxy groups -OCH3 is 2. The molecule has 8 heteroatoms. The lowest BCUT2D eigenvalue weighted by molar-refractivity contribution is -0.119. The van der Waals surface area contributed by atoms with Gasteiger partial charge >= 0.3 is 0 Å². The number of carbonyl (C=O) groups excluding carboxylic acids is 2. The van der Waals surface area contributed by atoms with Gasteiger partial charge in [0.15, 0.2) is 0 Å². The van der Waals surface area contributed by atoms with Crippen LogP contribution in [0.15, 0.2) is 60.0 Å². The zero-order chi connectivity index (χ0) is 22.7. The number of amides is 2. The van der Waals surface area contributed by atoms with E-state index in [9.17, 15) is 9.59 Å².